The SMILES string of the molecule is COCCN(C(=O)COC(=O)c1cncc(Br)c1)c1c(N)n(CC(C)C)c(=O)[nH]c1=O. The van der Waals surface area contributed by atoms with Gasteiger partial charge in [-0.3, -0.25) is 29.0 Å². The van der Waals surface area contributed by atoms with Gasteiger partial charge in [0.2, 0.25) is 0 Å². The number of pyridine rings is 1. The minimum atomic E-state index is -0.825. The van der Waals surface area contributed by atoms with Gasteiger partial charge in [0.1, 0.15) is 5.82 Å². The summed E-state index contributed by atoms with van der Waals surface area (Å²) in [4.78, 5) is 56.8. The molecule has 0 aliphatic heterocycles. The van der Waals surface area contributed by atoms with Crippen LogP contribution in [-0.4, -0.2) is 53.3 Å². The van der Waals surface area contributed by atoms with E-state index in [1.165, 1.54) is 30.1 Å². The van der Waals surface area contributed by atoms with E-state index in [0.717, 1.165) is 4.90 Å². The van der Waals surface area contributed by atoms with E-state index in [2.05, 4.69) is 25.9 Å². The molecule has 168 valence electrons. The van der Waals surface area contributed by atoms with Crippen LogP contribution in [-0.2, 0) is 20.8 Å². The molecule has 0 saturated carbocycles. The smallest absolute Gasteiger partial charge is 0.340 e. The van der Waals surface area contributed by atoms with Crippen molar-refractivity contribution in [3.05, 3.63) is 49.3 Å². The number of nitrogen functional groups attached to an aromatic ring is 1. The van der Waals surface area contributed by atoms with Crippen molar-refractivity contribution in [3.8, 4) is 0 Å². The number of carbonyl (C=O) groups excluding carboxylic acids is 2. The first-order valence-electron chi connectivity index (χ1n) is 9.35. The number of aromatic amines is 1. The molecule has 2 aromatic heterocycles. The molecule has 0 bridgehead atoms. The highest BCUT2D eigenvalue weighted by atomic mass is 79.9. The third-order valence-corrected chi connectivity index (χ3v) is 4.55. The summed E-state index contributed by atoms with van der Waals surface area (Å²) in [6.07, 6.45) is 2.79. The van der Waals surface area contributed by atoms with Gasteiger partial charge in [-0.25, -0.2) is 9.59 Å². The van der Waals surface area contributed by atoms with Gasteiger partial charge in [-0.05, 0) is 27.9 Å². The second-order valence-electron chi connectivity index (χ2n) is 7.00. The Balaban J connectivity index is 2.32. The zero-order valence-electron chi connectivity index (χ0n) is 17.4. The number of methoxy groups -OCH3 is 1. The number of anilines is 2. The quantitative estimate of drug-likeness (QED) is 0.482. The number of carbonyl (C=O) groups is 2. The van der Waals surface area contributed by atoms with Gasteiger partial charge in [0, 0.05) is 37.1 Å². The molecule has 12 heteroatoms. The van der Waals surface area contributed by atoms with Crippen LogP contribution in [0, 0.1) is 5.92 Å². The lowest BCUT2D eigenvalue weighted by molar-refractivity contribution is -0.121. The fraction of sp³-hybridized carbons (Fsp3) is 0.421. The lowest BCUT2D eigenvalue weighted by atomic mass is 10.2. The van der Waals surface area contributed by atoms with Crippen molar-refractivity contribution in [2.45, 2.75) is 20.4 Å². The molecule has 2 heterocycles. The summed E-state index contributed by atoms with van der Waals surface area (Å²) < 4.78 is 11.8. The van der Waals surface area contributed by atoms with Gasteiger partial charge in [0.05, 0.1) is 12.2 Å². The number of ether oxygens (including phenoxy) is 2. The van der Waals surface area contributed by atoms with Crippen LogP contribution in [0.3, 0.4) is 0 Å². The van der Waals surface area contributed by atoms with Crippen LogP contribution in [0.4, 0.5) is 11.5 Å². The third-order valence-electron chi connectivity index (χ3n) is 4.12. The first-order valence-corrected chi connectivity index (χ1v) is 10.1. The first kappa shape index (κ1) is 24.3. The number of hydrogen-bond donors (Lipinski definition) is 2. The molecule has 11 nitrogen and oxygen atoms in total. The van der Waals surface area contributed by atoms with E-state index >= 15 is 0 Å². The Morgan fingerprint density at radius 3 is 2.65 bits per heavy atom. The molecular weight excluding hydrogens is 474 g/mol. The molecule has 3 N–H and O–H groups in total. The number of aromatic nitrogens is 3. The summed E-state index contributed by atoms with van der Waals surface area (Å²) in [6, 6.07) is 1.49. The number of H-pyrrole nitrogens is 1. The predicted molar refractivity (Wildman–Crippen MR) is 117 cm³/mol. The highest BCUT2D eigenvalue weighted by Gasteiger charge is 2.25. The van der Waals surface area contributed by atoms with E-state index in [0.29, 0.717) is 4.47 Å². The summed E-state index contributed by atoms with van der Waals surface area (Å²) in [6.45, 7) is 3.38. The standard InChI is InChI=1S/C19H24BrN5O6/c1-11(2)9-25-16(21)15(17(27)23-19(25)29)24(4-5-30-3)14(26)10-31-18(28)12-6-13(20)8-22-7-12/h6-8,11H,4-5,9-10,21H2,1-3H3,(H,23,27,29). The first-order chi connectivity index (χ1) is 14.6. The number of halogens is 1. The maximum absolute atomic E-state index is 12.8. The molecule has 0 spiro atoms. The van der Waals surface area contributed by atoms with E-state index in [1.807, 2.05) is 13.8 Å². The molecule has 0 saturated heterocycles. The van der Waals surface area contributed by atoms with Crippen LogP contribution in [0.25, 0.3) is 0 Å². The highest BCUT2D eigenvalue weighted by Crippen LogP contribution is 2.18. The largest absolute Gasteiger partial charge is 0.452 e. The Hall–Kier alpha value is -2.99. The summed E-state index contributed by atoms with van der Waals surface area (Å²) in [5.41, 5.74) is 4.54. The molecular formula is C19H24BrN5O6. The van der Waals surface area contributed by atoms with E-state index in [-0.39, 0.29) is 42.7 Å². The van der Waals surface area contributed by atoms with Crippen LogP contribution in [0.1, 0.15) is 24.2 Å². The fourth-order valence-electron chi connectivity index (χ4n) is 2.74. The second kappa shape index (κ2) is 10.9. The lowest BCUT2D eigenvalue weighted by Crippen LogP contribution is -2.44. The number of nitrogens with zero attached hydrogens (tertiary/aromatic N) is 3. The molecule has 2 rings (SSSR count). The van der Waals surface area contributed by atoms with Gasteiger partial charge < -0.3 is 15.2 Å². The molecule has 0 aromatic carbocycles. The van der Waals surface area contributed by atoms with Gasteiger partial charge in [-0.1, -0.05) is 13.8 Å². The molecule has 0 atom stereocenters. The van der Waals surface area contributed by atoms with Crippen molar-refractivity contribution in [1.29, 1.82) is 0 Å². The summed E-state index contributed by atoms with van der Waals surface area (Å²) in [7, 11) is 1.43. The Labute approximate surface area is 186 Å². The molecule has 0 aliphatic carbocycles. The van der Waals surface area contributed by atoms with Crippen molar-refractivity contribution in [2.24, 2.45) is 5.92 Å². The van der Waals surface area contributed by atoms with E-state index < -0.39 is 29.7 Å². The summed E-state index contributed by atoms with van der Waals surface area (Å²) in [5, 5.41) is 0. The Morgan fingerprint density at radius 2 is 2.03 bits per heavy atom. The maximum Gasteiger partial charge on any atom is 0.340 e. The minimum absolute atomic E-state index is 0.0432. The number of rotatable bonds is 9. The second-order valence-corrected chi connectivity index (χ2v) is 7.92. The van der Waals surface area contributed by atoms with Gasteiger partial charge in [0.25, 0.3) is 11.5 Å². The van der Waals surface area contributed by atoms with Crippen LogP contribution in [0.5, 0.6) is 0 Å². The van der Waals surface area contributed by atoms with Crippen molar-refractivity contribution in [2.75, 3.05) is 37.5 Å². The minimum Gasteiger partial charge on any atom is -0.452 e. The Bertz CT molecular complexity index is 1060. The zero-order chi connectivity index (χ0) is 23.1. The predicted octanol–water partition coefficient (Wildman–Crippen LogP) is 0.769. The Kier molecular flexibility index (Phi) is 8.51. The van der Waals surface area contributed by atoms with E-state index in [9.17, 15) is 19.2 Å². The number of nitrogens with one attached hydrogen (secondary N) is 1. The number of nitrogens with two attached hydrogens (primary N) is 1. The molecule has 31 heavy (non-hydrogen) atoms. The molecule has 2 aromatic rings. The summed E-state index contributed by atoms with van der Waals surface area (Å²) >= 11 is 3.20. The van der Waals surface area contributed by atoms with Crippen molar-refractivity contribution in [1.82, 2.24) is 14.5 Å². The molecule has 0 fully saturated rings. The topological polar surface area (TPSA) is 150 Å². The van der Waals surface area contributed by atoms with Gasteiger partial charge in [0.15, 0.2) is 12.3 Å². The van der Waals surface area contributed by atoms with Crippen molar-refractivity contribution < 1.29 is 19.1 Å². The highest BCUT2D eigenvalue weighted by molar-refractivity contribution is 9.10. The molecule has 1 amide bonds. The fourth-order valence-corrected chi connectivity index (χ4v) is 3.11. The van der Waals surface area contributed by atoms with Gasteiger partial charge in [-0.15, -0.1) is 0 Å². The monoisotopic (exact) mass is 497 g/mol. The normalized spacial score (nSPS) is 10.9. The number of amides is 1. The molecule has 0 radical (unpaired) electrons. The number of esters is 1. The van der Waals surface area contributed by atoms with Gasteiger partial charge in [-0.2, -0.15) is 0 Å². The lowest BCUT2D eigenvalue weighted by Gasteiger charge is -2.24. The van der Waals surface area contributed by atoms with Crippen LogP contribution < -0.4 is 21.9 Å². The van der Waals surface area contributed by atoms with E-state index in [1.54, 1.807) is 0 Å². The average molecular weight is 498 g/mol. The maximum atomic E-state index is 12.8. The molecule has 0 unspecified atom stereocenters. The van der Waals surface area contributed by atoms with Crippen molar-refractivity contribution in [3.63, 3.8) is 0 Å². The average Bonchev–Trinajstić information content (AvgIpc) is 2.71. The van der Waals surface area contributed by atoms with Crippen LogP contribution >= 0.6 is 15.9 Å². The van der Waals surface area contributed by atoms with Gasteiger partial charge >= 0.3 is 11.7 Å². The Morgan fingerprint density at radius 1 is 1.32 bits per heavy atom. The van der Waals surface area contributed by atoms with E-state index in [4.69, 9.17) is 15.2 Å². The third kappa shape index (κ3) is 6.25. The zero-order valence-corrected chi connectivity index (χ0v) is 19.0. The number of hydrogen-bond acceptors (Lipinski definition) is 8. The van der Waals surface area contributed by atoms with Crippen LogP contribution in [0.15, 0.2) is 32.5 Å². The summed E-state index contributed by atoms with van der Waals surface area (Å²) in [5.74, 6) is -1.57. The van der Waals surface area contributed by atoms with Crippen molar-refractivity contribution >= 4 is 39.3 Å². The molecule has 0 aliphatic rings. The van der Waals surface area contributed by atoms with Crippen LogP contribution in [0.2, 0.25) is 0 Å².